The number of hydrogen-bond donors (Lipinski definition) is 1. The van der Waals surface area contributed by atoms with Gasteiger partial charge in [0.1, 0.15) is 5.03 Å². The van der Waals surface area contributed by atoms with Crippen LogP contribution in [-0.2, 0) is 6.42 Å². The molecule has 0 saturated carbocycles. The molecule has 4 aromatic rings. The van der Waals surface area contributed by atoms with Crippen LogP contribution in [0.25, 0.3) is 5.69 Å². The maximum Gasteiger partial charge on any atom is 0.271 e. The maximum atomic E-state index is 12.6. The minimum atomic E-state index is -0.230. The molecule has 1 heterocycles. The molecule has 0 aliphatic heterocycles. The van der Waals surface area contributed by atoms with Crippen molar-refractivity contribution >= 4 is 23.4 Å². The van der Waals surface area contributed by atoms with E-state index in [-0.39, 0.29) is 11.5 Å². The van der Waals surface area contributed by atoms with E-state index < -0.39 is 0 Å². The monoisotopic (exact) mass is 441 g/mol. The first-order valence-corrected chi connectivity index (χ1v) is 11.2. The largest absolute Gasteiger partial charge is 0.322 e. The number of aromatic nitrogens is 2. The number of carbonyl (C=O) groups excluding carboxylic acids is 1. The Morgan fingerprint density at radius 3 is 2.44 bits per heavy atom. The molecule has 0 aliphatic rings. The molecule has 32 heavy (non-hydrogen) atoms. The van der Waals surface area contributed by atoms with Gasteiger partial charge >= 0.3 is 0 Å². The maximum absolute atomic E-state index is 12.6. The lowest BCUT2D eigenvalue weighted by atomic mass is 10.1. The van der Waals surface area contributed by atoms with Gasteiger partial charge in [0.15, 0.2) is 0 Å². The van der Waals surface area contributed by atoms with Gasteiger partial charge in [-0.15, -0.1) is 0 Å². The van der Waals surface area contributed by atoms with Crippen LogP contribution in [0.15, 0.2) is 99.6 Å². The smallest absolute Gasteiger partial charge is 0.271 e. The van der Waals surface area contributed by atoms with Gasteiger partial charge in [-0.1, -0.05) is 48.5 Å². The third kappa shape index (κ3) is 5.15. The molecule has 1 N–H and O–H groups in total. The first kappa shape index (κ1) is 21.6. The van der Waals surface area contributed by atoms with Crippen molar-refractivity contribution in [2.75, 3.05) is 5.32 Å². The van der Waals surface area contributed by atoms with Gasteiger partial charge in [0.25, 0.3) is 11.5 Å². The van der Waals surface area contributed by atoms with E-state index in [0.29, 0.717) is 16.3 Å². The van der Waals surface area contributed by atoms with Crippen molar-refractivity contribution in [3.63, 3.8) is 0 Å². The zero-order valence-electron chi connectivity index (χ0n) is 17.9. The molecule has 160 valence electrons. The molecule has 0 fully saturated rings. The number of carbonyl (C=O) groups is 1. The number of nitrogens with zero attached hydrogens (tertiary/aromatic N) is 2. The van der Waals surface area contributed by atoms with Crippen molar-refractivity contribution in [1.29, 1.82) is 0 Å². The van der Waals surface area contributed by atoms with Crippen molar-refractivity contribution in [2.24, 2.45) is 0 Å². The summed E-state index contributed by atoms with van der Waals surface area (Å²) in [5.74, 6) is -0.200. The molecule has 6 heteroatoms. The van der Waals surface area contributed by atoms with Gasteiger partial charge in [-0.05, 0) is 73.5 Å². The molecule has 5 nitrogen and oxygen atoms in total. The third-order valence-electron chi connectivity index (χ3n) is 4.99. The summed E-state index contributed by atoms with van der Waals surface area (Å²) in [5.41, 5.74) is 3.99. The van der Waals surface area contributed by atoms with Crippen LogP contribution in [0.4, 0.5) is 5.69 Å². The van der Waals surface area contributed by atoms with Crippen molar-refractivity contribution in [3.8, 4) is 5.69 Å². The zero-order valence-corrected chi connectivity index (χ0v) is 18.7. The molecular weight excluding hydrogens is 418 g/mol. The molecule has 1 amide bonds. The van der Waals surface area contributed by atoms with Crippen LogP contribution in [0, 0.1) is 6.92 Å². The molecule has 0 bridgehead atoms. The van der Waals surface area contributed by atoms with Crippen LogP contribution in [0.3, 0.4) is 0 Å². The number of hydrogen-bond acceptors (Lipinski definition) is 4. The molecule has 0 saturated heterocycles. The summed E-state index contributed by atoms with van der Waals surface area (Å²) in [4.78, 5) is 26.1. The molecular formula is C26H23N3O2S. The van der Waals surface area contributed by atoms with E-state index in [1.54, 1.807) is 30.3 Å². The number of rotatable bonds is 6. The van der Waals surface area contributed by atoms with Gasteiger partial charge in [0.05, 0.1) is 5.69 Å². The molecule has 4 rings (SSSR count). The normalized spacial score (nSPS) is 10.7. The first-order valence-electron chi connectivity index (χ1n) is 10.4. The van der Waals surface area contributed by atoms with E-state index in [4.69, 9.17) is 0 Å². The number of amides is 1. The summed E-state index contributed by atoms with van der Waals surface area (Å²) < 4.78 is 1.35. The summed E-state index contributed by atoms with van der Waals surface area (Å²) in [6, 6.07) is 26.0. The first-order chi connectivity index (χ1) is 15.5. The van der Waals surface area contributed by atoms with Gasteiger partial charge in [0, 0.05) is 22.2 Å². The Hall–Kier alpha value is -3.64. The summed E-state index contributed by atoms with van der Waals surface area (Å²) in [7, 11) is 0. The molecule has 0 spiro atoms. The Kier molecular flexibility index (Phi) is 6.52. The van der Waals surface area contributed by atoms with Gasteiger partial charge < -0.3 is 5.32 Å². The van der Waals surface area contributed by atoms with E-state index in [1.165, 1.54) is 28.1 Å². The fraction of sp³-hybridized carbons (Fsp3) is 0.115. The summed E-state index contributed by atoms with van der Waals surface area (Å²) in [6.07, 6.45) is 0.904. The van der Waals surface area contributed by atoms with Crippen molar-refractivity contribution in [2.45, 2.75) is 30.2 Å². The van der Waals surface area contributed by atoms with Crippen LogP contribution < -0.4 is 10.9 Å². The Bertz CT molecular complexity index is 1300. The van der Waals surface area contributed by atoms with Gasteiger partial charge in [-0.2, -0.15) is 9.78 Å². The molecule has 1 aromatic heterocycles. The Morgan fingerprint density at radius 1 is 0.969 bits per heavy atom. The number of benzene rings is 3. The molecule has 0 aliphatic carbocycles. The summed E-state index contributed by atoms with van der Waals surface area (Å²) >= 11 is 1.49. The molecule has 0 unspecified atom stereocenters. The van der Waals surface area contributed by atoms with E-state index >= 15 is 0 Å². The lowest BCUT2D eigenvalue weighted by molar-refractivity contribution is 0.102. The highest BCUT2D eigenvalue weighted by Crippen LogP contribution is 2.25. The second-order valence-electron chi connectivity index (χ2n) is 7.39. The predicted octanol–water partition coefficient (Wildman–Crippen LogP) is 5.51. The van der Waals surface area contributed by atoms with Gasteiger partial charge in [0.2, 0.25) is 0 Å². The van der Waals surface area contributed by atoms with Crippen LogP contribution in [0.5, 0.6) is 0 Å². The Morgan fingerprint density at radius 2 is 1.72 bits per heavy atom. The molecule has 0 radical (unpaired) electrons. The summed E-state index contributed by atoms with van der Waals surface area (Å²) in [5, 5.41) is 8.12. The van der Waals surface area contributed by atoms with Crippen LogP contribution in [-0.4, -0.2) is 15.7 Å². The van der Waals surface area contributed by atoms with E-state index in [9.17, 15) is 9.59 Å². The minimum Gasteiger partial charge on any atom is -0.322 e. The lowest BCUT2D eigenvalue weighted by Crippen LogP contribution is -2.20. The van der Waals surface area contributed by atoms with Gasteiger partial charge in [-0.3, -0.25) is 9.59 Å². The number of anilines is 1. The van der Waals surface area contributed by atoms with E-state index in [0.717, 1.165) is 22.6 Å². The Labute approximate surface area is 191 Å². The number of aryl methyl sites for hydroxylation is 2. The standard InChI is InChI=1S/C26H23N3O2S/c1-3-19-5-4-6-21(17-19)27-26(31)20-9-11-22(12-10-20)29-25(30)16-15-24(28-29)32-23-13-7-18(2)8-14-23/h4-17H,3H2,1-2H3,(H,27,31). The topological polar surface area (TPSA) is 64.0 Å². The zero-order chi connectivity index (χ0) is 22.5. The van der Waals surface area contributed by atoms with Crippen LogP contribution >= 0.6 is 11.8 Å². The van der Waals surface area contributed by atoms with E-state index in [2.05, 4.69) is 17.3 Å². The number of nitrogens with one attached hydrogen (secondary N) is 1. The lowest BCUT2D eigenvalue weighted by Gasteiger charge is -2.09. The van der Waals surface area contributed by atoms with Crippen molar-refractivity contribution in [3.05, 3.63) is 112 Å². The highest BCUT2D eigenvalue weighted by molar-refractivity contribution is 7.99. The molecule has 0 atom stereocenters. The average Bonchev–Trinajstić information content (AvgIpc) is 2.82. The van der Waals surface area contributed by atoms with Gasteiger partial charge in [-0.25, -0.2) is 0 Å². The Balaban J connectivity index is 1.52. The van der Waals surface area contributed by atoms with E-state index in [1.807, 2.05) is 55.5 Å². The highest BCUT2D eigenvalue weighted by Gasteiger charge is 2.09. The van der Waals surface area contributed by atoms with Crippen molar-refractivity contribution in [1.82, 2.24) is 9.78 Å². The SMILES string of the molecule is CCc1cccc(NC(=O)c2ccc(-n3nc(Sc4ccc(C)cc4)ccc3=O)cc2)c1. The predicted molar refractivity (Wildman–Crippen MR) is 129 cm³/mol. The van der Waals surface area contributed by atoms with Crippen LogP contribution in [0.2, 0.25) is 0 Å². The quantitative estimate of drug-likeness (QED) is 0.429. The highest BCUT2D eigenvalue weighted by atomic mass is 32.2. The second kappa shape index (κ2) is 9.66. The average molecular weight is 442 g/mol. The molecule has 3 aromatic carbocycles. The minimum absolute atomic E-state index is 0.200. The second-order valence-corrected chi connectivity index (χ2v) is 8.49. The fourth-order valence-electron chi connectivity index (χ4n) is 3.19. The third-order valence-corrected chi connectivity index (χ3v) is 5.92. The fourth-order valence-corrected chi connectivity index (χ4v) is 3.96. The van der Waals surface area contributed by atoms with Crippen molar-refractivity contribution < 1.29 is 4.79 Å². The van der Waals surface area contributed by atoms with Crippen LogP contribution in [0.1, 0.15) is 28.4 Å². The summed E-state index contributed by atoms with van der Waals surface area (Å²) in [6.45, 7) is 4.11.